The van der Waals surface area contributed by atoms with Gasteiger partial charge in [-0.25, -0.2) is 4.98 Å². The molecule has 0 aromatic carbocycles. The van der Waals surface area contributed by atoms with Gasteiger partial charge in [0.05, 0.1) is 0 Å². The van der Waals surface area contributed by atoms with Gasteiger partial charge in [-0.15, -0.1) is 0 Å². The second-order valence-electron chi connectivity index (χ2n) is 1.60. The highest BCUT2D eigenvalue weighted by Gasteiger charge is 1.91. The predicted octanol–water partition coefficient (Wildman–Crippen LogP) is 1.63. The maximum absolute atomic E-state index is 7.06. The standard InChI is InChI=1S/C6H7ClN2/c1-4-2-5(7)9-6(8)3-4/h2-3H,1H3,(H2,8,9)/i1D3. The zero-order valence-corrected chi connectivity index (χ0v) is 5.31. The van der Waals surface area contributed by atoms with Crippen LogP contribution in [0.25, 0.3) is 0 Å². The lowest BCUT2D eigenvalue weighted by atomic mass is 10.3. The Labute approximate surface area is 62.9 Å². The first-order valence-corrected chi connectivity index (χ1v) is 2.71. The molecule has 9 heavy (non-hydrogen) atoms. The fourth-order valence-corrected chi connectivity index (χ4v) is 0.732. The van der Waals surface area contributed by atoms with E-state index in [0.29, 0.717) is 0 Å². The molecular weight excluding hydrogens is 136 g/mol. The van der Waals surface area contributed by atoms with Gasteiger partial charge in [0.1, 0.15) is 11.0 Å². The van der Waals surface area contributed by atoms with Gasteiger partial charge in [0.25, 0.3) is 0 Å². The molecule has 1 rings (SSSR count). The van der Waals surface area contributed by atoms with Crippen molar-refractivity contribution in [3.8, 4) is 0 Å². The lowest BCUT2D eigenvalue weighted by Gasteiger charge is -1.94. The van der Waals surface area contributed by atoms with E-state index in [0.717, 1.165) is 0 Å². The molecule has 0 fully saturated rings. The number of hydrogen-bond acceptors (Lipinski definition) is 2. The molecule has 0 aliphatic rings. The number of anilines is 1. The number of rotatable bonds is 0. The zero-order valence-electron chi connectivity index (χ0n) is 7.56. The molecule has 0 amide bonds. The van der Waals surface area contributed by atoms with Crippen molar-refractivity contribution in [2.75, 3.05) is 5.73 Å². The molecule has 1 aromatic rings. The highest BCUT2D eigenvalue weighted by atomic mass is 35.5. The third kappa shape index (κ3) is 1.57. The molecular formula is C6H7ClN2. The lowest BCUT2D eigenvalue weighted by Crippen LogP contribution is -1.89. The third-order valence-electron chi connectivity index (χ3n) is 0.814. The van der Waals surface area contributed by atoms with E-state index in [1.165, 1.54) is 12.1 Å². The largest absolute Gasteiger partial charge is 0.384 e. The summed E-state index contributed by atoms with van der Waals surface area (Å²) in [5.74, 6) is 0.119. The number of pyridine rings is 1. The third-order valence-corrected chi connectivity index (χ3v) is 1.01. The van der Waals surface area contributed by atoms with Crippen LogP contribution in [0.3, 0.4) is 0 Å². The Hall–Kier alpha value is -0.760. The SMILES string of the molecule is [2H]C([2H])([2H])c1cc(N)nc(Cl)c1. The molecule has 1 heterocycles. The first-order chi connectivity index (χ1) is 5.39. The molecule has 2 nitrogen and oxygen atoms in total. The van der Waals surface area contributed by atoms with Gasteiger partial charge in [0, 0.05) is 4.11 Å². The van der Waals surface area contributed by atoms with Crippen molar-refractivity contribution in [1.29, 1.82) is 0 Å². The van der Waals surface area contributed by atoms with E-state index in [1.54, 1.807) is 0 Å². The summed E-state index contributed by atoms with van der Waals surface area (Å²) in [6.45, 7) is -2.18. The van der Waals surface area contributed by atoms with E-state index in [2.05, 4.69) is 4.98 Å². The summed E-state index contributed by atoms with van der Waals surface area (Å²) >= 11 is 5.52. The molecule has 2 N–H and O–H groups in total. The summed E-state index contributed by atoms with van der Waals surface area (Å²) in [5, 5.41) is 0.0983. The van der Waals surface area contributed by atoms with E-state index >= 15 is 0 Å². The van der Waals surface area contributed by atoms with Crippen LogP contribution >= 0.6 is 11.6 Å². The molecule has 0 spiro atoms. The second-order valence-corrected chi connectivity index (χ2v) is 1.99. The molecule has 0 atom stereocenters. The Bertz CT molecular complexity index is 277. The maximum atomic E-state index is 7.06. The van der Waals surface area contributed by atoms with Gasteiger partial charge >= 0.3 is 0 Å². The average molecular weight is 146 g/mol. The van der Waals surface area contributed by atoms with Gasteiger partial charge in [0.2, 0.25) is 0 Å². The van der Waals surface area contributed by atoms with Gasteiger partial charge < -0.3 is 5.73 Å². The molecule has 0 saturated carbocycles. The van der Waals surface area contributed by atoms with E-state index in [-0.39, 0.29) is 16.5 Å². The minimum Gasteiger partial charge on any atom is -0.384 e. The molecule has 1 aromatic heterocycles. The normalized spacial score (nSPS) is 15.9. The fourth-order valence-electron chi connectivity index (χ4n) is 0.517. The molecule has 0 aliphatic carbocycles. The first-order valence-electron chi connectivity index (χ1n) is 3.83. The number of nitrogens with two attached hydrogens (primary N) is 1. The highest BCUT2D eigenvalue weighted by Crippen LogP contribution is 2.09. The van der Waals surface area contributed by atoms with Crippen molar-refractivity contribution in [2.45, 2.75) is 6.85 Å². The number of aryl methyl sites for hydroxylation is 1. The van der Waals surface area contributed by atoms with Crippen LogP contribution in [-0.2, 0) is 0 Å². The summed E-state index contributed by atoms with van der Waals surface area (Å²) in [6, 6.07) is 2.57. The minimum absolute atomic E-state index is 0.0983. The Morgan fingerprint density at radius 3 is 3.11 bits per heavy atom. The van der Waals surface area contributed by atoms with Gasteiger partial charge in [-0.1, -0.05) is 11.6 Å². The smallest absolute Gasteiger partial charge is 0.131 e. The molecule has 0 saturated heterocycles. The van der Waals surface area contributed by atoms with Crippen molar-refractivity contribution >= 4 is 17.4 Å². The van der Waals surface area contributed by atoms with Gasteiger partial charge in [-0.05, 0) is 24.5 Å². The van der Waals surface area contributed by atoms with Crippen LogP contribution in [0.2, 0.25) is 5.15 Å². The number of hydrogen-bond donors (Lipinski definition) is 1. The molecule has 3 heteroatoms. The molecule has 0 aliphatic heterocycles. The van der Waals surface area contributed by atoms with E-state index in [4.69, 9.17) is 21.4 Å². The van der Waals surface area contributed by atoms with E-state index in [1.807, 2.05) is 0 Å². The topological polar surface area (TPSA) is 38.9 Å². The average Bonchev–Trinajstić information content (AvgIpc) is 1.82. The summed E-state index contributed by atoms with van der Waals surface area (Å²) in [6.07, 6.45) is 0. The van der Waals surface area contributed by atoms with Crippen LogP contribution in [0.5, 0.6) is 0 Å². The molecule has 0 bridgehead atoms. The van der Waals surface area contributed by atoms with Crippen molar-refractivity contribution in [3.05, 3.63) is 22.8 Å². The summed E-state index contributed by atoms with van der Waals surface area (Å²) in [4.78, 5) is 3.64. The van der Waals surface area contributed by atoms with E-state index in [9.17, 15) is 0 Å². The van der Waals surface area contributed by atoms with Crippen molar-refractivity contribution < 1.29 is 4.11 Å². The first kappa shape index (κ1) is 3.42. The van der Waals surface area contributed by atoms with Gasteiger partial charge in [0.15, 0.2) is 0 Å². The van der Waals surface area contributed by atoms with Gasteiger partial charge in [-0.2, -0.15) is 0 Å². The highest BCUT2D eigenvalue weighted by molar-refractivity contribution is 6.29. The number of halogens is 1. The molecule has 48 valence electrons. The number of aromatic nitrogens is 1. The van der Waals surface area contributed by atoms with Crippen LogP contribution < -0.4 is 5.73 Å². The predicted molar refractivity (Wildman–Crippen MR) is 38.4 cm³/mol. The van der Waals surface area contributed by atoms with Crippen LogP contribution in [-0.4, -0.2) is 4.98 Å². The van der Waals surface area contributed by atoms with Crippen molar-refractivity contribution in [1.82, 2.24) is 4.98 Å². The van der Waals surface area contributed by atoms with Gasteiger partial charge in [-0.3, -0.25) is 0 Å². The maximum Gasteiger partial charge on any atom is 0.131 e. The van der Waals surface area contributed by atoms with Crippen LogP contribution in [0, 0.1) is 6.85 Å². The summed E-state index contributed by atoms with van der Waals surface area (Å²) in [5.41, 5.74) is 5.42. The van der Waals surface area contributed by atoms with Crippen molar-refractivity contribution in [3.63, 3.8) is 0 Å². The van der Waals surface area contributed by atoms with Crippen LogP contribution in [0.1, 0.15) is 9.68 Å². The summed E-state index contributed by atoms with van der Waals surface area (Å²) in [7, 11) is 0. The lowest BCUT2D eigenvalue weighted by molar-refractivity contribution is 1.29. The zero-order chi connectivity index (χ0) is 9.35. The monoisotopic (exact) mass is 145 g/mol. The molecule has 0 radical (unpaired) electrons. The molecule has 0 unspecified atom stereocenters. The quantitative estimate of drug-likeness (QED) is 0.564. The number of nitrogens with zero attached hydrogens (tertiary/aromatic N) is 1. The Morgan fingerprint density at radius 1 is 1.78 bits per heavy atom. The minimum atomic E-state index is -2.18. The van der Waals surface area contributed by atoms with Crippen LogP contribution in [0.15, 0.2) is 12.1 Å². The fraction of sp³-hybridized carbons (Fsp3) is 0.167. The Morgan fingerprint density at radius 2 is 2.56 bits per heavy atom. The Balaban J connectivity index is 3.18. The second kappa shape index (κ2) is 2.23. The van der Waals surface area contributed by atoms with Crippen molar-refractivity contribution in [2.24, 2.45) is 0 Å². The summed E-state index contributed by atoms with van der Waals surface area (Å²) < 4.78 is 21.2. The van der Waals surface area contributed by atoms with E-state index < -0.39 is 6.85 Å². The Kier molecular flexibility index (Phi) is 0.848. The number of nitrogen functional groups attached to an aromatic ring is 1. The van der Waals surface area contributed by atoms with Crippen LogP contribution in [0.4, 0.5) is 5.82 Å².